The number of thiazole rings is 1. The van der Waals surface area contributed by atoms with Crippen molar-refractivity contribution in [3.63, 3.8) is 0 Å². The molecular weight excluding hydrogens is 322 g/mol. The molecule has 24 heavy (non-hydrogen) atoms. The fraction of sp³-hybridized carbons (Fsp3) is 0.588. The van der Waals surface area contributed by atoms with Crippen LogP contribution in [0.5, 0.6) is 0 Å². The Labute approximate surface area is 145 Å². The maximum Gasteiger partial charge on any atom is 0.274 e. The molecule has 2 aliphatic rings. The second kappa shape index (κ2) is 5.97. The predicted octanol–water partition coefficient (Wildman–Crippen LogP) is 2.36. The number of rotatable bonds is 3. The van der Waals surface area contributed by atoms with Gasteiger partial charge in [-0.05, 0) is 39.2 Å². The van der Waals surface area contributed by atoms with E-state index in [1.165, 1.54) is 12.1 Å². The topological polar surface area (TPSA) is 65.1 Å². The third-order valence-electron chi connectivity index (χ3n) is 5.44. The molecule has 0 unspecified atom stereocenters. The van der Waals surface area contributed by atoms with Crippen molar-refractivity contribution >= 4 is 17.2 Å². The van der Waals surface area contributed by atoms with Gasteiger partial charge in [0.2, 0.25) is 0 Å². The molecule has 0 aromatic carbocycles. The van der Waals surface area contributed by atoms with Crippen LogP contribution in [0.25, 0.3) is 0 Å². The van der Waals surface area contributed by atoms with Crippen LogP contribution in [0, 0.1) is 13.8 Å². The summed E-state index contributed by atoms with van der Waals surface area (Å²) in [7, 11) is 0. The third kappa shape index (κ3) is 2.75. The molecule has 0 atom stereocenters. The van der Waals surface area contributed by atoms with Crippen LogP contribution in [0.15, 0.2) is 11.4 Å². The normalized spacial score (nSPS) is 20.3. The van der Waals surface area contributed by atoms with Crippen LogP contribution in [-0.4, -0.2) is 56.1 Å². The Morgan fingerprint density at radius 2 is 2.04 bits per heavy atom. The van der Waals surface area contributed by atoms with Crippen molar-refractivity contribution in [2.45, 2.75) is 45.2 Å². The summed E-state index contributed by atoms with van der Waals surface area (Å²) in [5.74, 6) is 0.0511. The zero-order valence-corrected chi connectivity index (χ0v) is 15.0. The van der Waals surface area contributed by atoms with Gasteiger partial charge in [0.1, 0.15) is 5.69 Å². The molecule has 2 aromatic rings. The van der Waals surface area contributed by atoms with Gasteiger partial charge in [0, 0.05) is 42.8 Å². The van der Waals surface area contributed by atoms with E-state index in [-0.39, 0.29) is 11.4 Å². The smallest absolute Gasteiger partial charge is 0.274 e. The summed E-state index contributed by atoms with van der Waals surface area (Å²) in [5.41, 5.74) is 2.92. The molecule has 7 heteroatoms. The number of hydrogen-bond donors (Lipinski definition) is 1. The van der Waals surface area contributed by atoms with E-state index in [0.29, 0.717) is 5.69 Å². The van der Waals surface area contributed by atoms with Gasteiger partial charge in [0.05, 0.1) is 10.7 Å². The number of H-pyrrole nitrogens is 1. The summed E-state index contributed by atoms with van der Waals surface area (Å²) < 4.78 is 0. The lowest BCUT2D eigenvalue weighted by Gasteiger charge is -2.56. The number of carbonyl (C=O) groups is 1. The minimum absolute atomic E-state index is 0.0511. The molecule has 0 radical (unpaired) electrons. The number of aryl methyl sites for hydroxylation is 2. The number of carbonyl (C=O) groups excluding carboxylic acids is 1. The van der Waals surface area contributed by atoms with E-state index in [9.17, 15) is 4.79 Å². The summed E-state index contributed by atoms with van der Waals surface area (Å²) >= 11 is 1.72. The van der Waals surface area contributed by atoms with Crippen LogP contribution in [-0.2, 0) is 6.54 Å². The van der Waals surface area contributed by atoms with E-state index in [2.05, 4.69) is 32.4 Å². The van der Waals surface area contributed by atoms with Gasteiger partial charge in [-0.3, -0.25) is 14.8 Å². The Morgan fingerprint density at radius 1 is 1.29 bits per heavy atom. The Bertz CT molecular complexity index is 744. The highest BCUT2D eigenvalue weighted by Gasteiger charge is 2.47. The number of piperidine rings is 1. The Hall–Kier alpha value is -1.73. The fourth-order valence-corrected chi connectivity index (χ4v) is 4.49. The van der Waals surface area contributed by atoms with E-state index in [1.54, 1.807) is 11.3 Å². The van der Waals surface area contributed by atoms with Crippen molar-refractivity contribution in [2.24, 2.45) is 0 Å². The van der Waals surface area contributed by atoms with Crippen LogP contribution < -0.4 is 0 Å². The van der Waals surface area contributed by atoms with Crippen LogP contribution in [0.3, 0.4) is 0 Å². The van der Waals surface area contributed by atoms with Gasteiger partial charge < -0.3 is 4.90 Å². The maximum absolute atomic E-state index is 12.5. The number of amides is 1. The molecule has 1 N–H and O–H groups in total. The Kier molecular flexibility index (Phi) is 3.92. The molecule has 6 nitrogen and oxygen atoms in total. The summed E-state index contributed by atoms with van der Waals surface area (Å²) in [6, 6.07) is 1.83. The summed E-state index contributed by atoms with van der Waals surface area (Å²) in [5, 5.41) is 10.3. The SMILES string of the molecule is Cc1cc(C(=O)N2CCC3(CC2)CCN3Cc2csc(C)n2)n[nH]1. The van der Waals surface area contributed by atoms with Gasteiger partial charge >= 0.3 is 0 Å². The standard InChI is InChI=1S/C17H23N5OS/c1-12-9-15(20-19-12)16(23)21-6-3-17(4-7-21)5-8-22(17)10-14-11-24-13(2)18-14/h9,11H,3-8,10H2,1-2H3,(H,19,20). The number of hydrogen-bond acceptors (Lipinski definition) is 5. The summed E-state index contributed by atoms with van der Waals surface area (Å²) in [4.78, 5) is 21.6. The fourth-order valence-electron chi connectivity index (χ4n) is 3.89. The van der Waals surface area contributed by atoms with Crippen molar-refractivity contribution in [3.05, 3.63) is 33.5 Å². The molecule has 128 valence electrons. The lowest BCUT2D eigenvalue weighted by Crippen LogP contribution is -2.63. The molecule has 1 amide bonds. The van der Waals surface area contributed by atoms with Crippen LogP contribution in [0.2, 0.25) is 0 Å². The van der Waals surface area contributed by atoms with E-state index >= 15 is 0 Å². The molecule has 4 rings (SSSR count). The van der Waals surface area contributed by atoms with Gasteiger partial charge in [-0.2, -0.15) is 5.10 Å². The van der Waals surface area contributed by atoms with Crippen LogP contribution in [0.1, 0.15) is 46.1 Å². The first-order valence-corrected chi connectivity index (χ1v) is 9.41. The second-order valence-electron chi connectivity index (χ2n) is 6.98. The predicted molar refractivity (Wildman–Crippen MR) is 93.1 cm³/mol. The molecule has 1 spiro atoms. The van der Waals surface area contributed by atoms with Crippen molar-refractivity contribution in [1.29, 1.82) is 0 Å². The molecule has 0 saturated carbocycles. The number of likely N-dealkylation sites (tertiary alicyclic amines) is 2. The van der Waals surface area contributed by atoms with E-state index in [4.69, 9.17) is 0 Å². The average molecular weight is 345 g/mol. The largest absolute Gasteiger partial charge is 0.337 e. The van der Waals surface area contributed by atoms with Gasteiger partial charge in [0.15, 0.2) is 0 Å². The molecule has 2 aromatic heterocycles. The zero-order chi connectivity index (χ0) is 16.7. The van der Waals surface area contributed by atoms with Crippen molar-refractivity contribution in [1.82, 2.24) is 25.0 Å². The number of aromatic amines is 1. The van der Waals surface area contributed by atoms with E-state index in [0.717, 1.165) is 49.7 Å². The average Bonchev–Trinajstić information content (AvgIpc) is 3.19. The molecule has 4 heterocycles. The number of aromatic nitrogens is 3. The van der Waals surface area contributed by atoms with Crippen molar-refractivity contribution in [2.75, 3.05) is 19.6 Å². The van der Waals surface area contributed by atoms with Gasteiger partial charge in [-0.1, -0.05) is 0 Å². The highest BCUT2D eigenvalue weighted by molar-refractivity contribution is 7.09. The first kappa shape index (κ1) is 15.8. The van der Waals surface area contributed by atoms with Gasteiger partial charge in [-0.15, -0.1) is 11.3 Å². The first-order chi connectivity index (χ1) is 11.6. The third-order valence-corrected chi connectivity index (χ3v) is 6.27. The van der Waals surface area contributed by atoms with Crippen LogP contribution in [0.4, 0.5) is 0 Å². The molecule has 0 bridgehead atoms. The highest BCUT2D eigenvalue weighted by Crippen LogP contribution is 2.41. The highest BCUT2D eigenvalue weighted by atomic mass is 32.1. The van der Waals surface area contributed by atoms with Crippen molar-refractivity contribution < 1.29 is 4.79 Å². The quantitative estimate of drug-likeness (QED) is 0.927. The minimum atomic E-state index is 0.0511. The molecular formula is C17H23N5OS. The summed E-state index contributed by atoms with van der Waals surface area (Å²) in [6.45, 7) is 7.69. The van der Waals surface area contributed by atoms with Crippen molar-refractivity contribution in [3.8, 4) is 0 Å². The molecule has 2 aliphatic heterocycles. The lowest BCUT2D eigenvalue weighted by molar-refractivity contribution is -0.0608. The second-order valence-corrected chi connectivity index (χ2v) is 8.04. The molecule has 2 fully saturated rings. The lowest BCUT2D eigenvalue weighted by atomic mass is 9.76. The molecule has 0 aliphatic carbocycles. The van der Waals surface area contributed by atoms with Gasteiger partial charge in [-0.25, -0.2) is 4.98 Å². The monoisotopic (exact) mass is 345 g/mol. The van der Waals surface area contributed by atoms with E-state index < -0.39 is 0 Å². The maximum atomic E-state index is 12.5. The minimum Gasteiger partial charge on any atom is -0.337 e. The molecule has 2 saturated heterocycles. The Balaban J connectivity index is 1.37. The number of nitrogens with zero attached hydrogens (tertiary/aromatic N) is 4. The van der Waals surface area contributed by atoms with E-state index in [1.807, 2.05) is 17.9 Å². The van der Waals surface area contributed by atoms with Gasteiger partial charge in [0.25, 0.3) is 5.91 Å². The number of nitrogens with one attached hydrogen (secondary N) is 1. The zero-order valence-electron chi connectivity index (χ0n) is 14.2. The first-order valence-electron chi connectivity index (χ1n) is 8.53. The van der Waals surface area contributed by atoms with Crippen LogP contribution >= 0.6 is 11.3 Å². The summed E-state index contributed by atoms with van der Waals surface area (Å²) in [6.07, 6.45) is 3.33. The Morgan fingerprint density at radius 3 is 2.58 bits per heavy atom.